The zero-order chi connectivity index (χ0) is 9.84. The zero-order valence-corrected chi connectivity index (χ0v) is 6.62. The molecule has 0 amide bonds. The van der Waals surface area contributed by atoms with Crippen LogP contribution in [0, 0.1) is 17.1 Å². The average Bonchev–Trinajstić information content (AvgIpc) is 2.08. The van der Waals surface area contributed by atoms with Crippen LogP contribution >= 0.6 is 0 Å². The fourth-order valence-electron chi connectivity index (χ4n) is 0.987. The van der Waals surface area contributed by atoms with Gasteiger partial charge in [0.25, 0.3) is 0 Å². The summed E-state index contributed by atoms with van der Waals surface area (Å²) in [5, 5.41) is 17.0. The normalized spacial score (nSPS) is 9.23. The highest BCUT2D eigenvalue weighted by Gasteiger charge is 2.10. The molecule has 0 saturated heterocycles. The molecule has 66 valence electrons. The predicted molar refractivity (Wildman–Crippen MR) is 42.7 cm³/mol. The van der Waals surface area contributed by atoms with Gasteiger partial charge in [-0.05, 0) is 17.7 Å². The summed E-state index contributed by atoms with van der Waals surface area (Å²) in [4.78, 5) is 10.6. The number of hydrogen-bond donors (Lipinski definition) is 1. The number of carbonyl (C=O) groups is 1. The predicted octanol–water partition coefficient (Wildman–Crippen LogP) is 1.59. The van der Waals surface area contributed by atoms with Crippen molar-refractivity contribution in [3.63, 3.8) is 0 Å². The van der Waals surface area contributed by atoms with Crippen molar-refractivity contribution in [2.75, 3.05) is 0 Å². The smallest absolute Gasteiger partial charge is 0.336 e. The lowest BCUT2D eigenvalue weighted by Crippen LogP contribution is -2.02. The van der Waals surface area contributed by atoms with E-state index >= 15 is 0 Å². The molecule has 0 fully saturated rings. The third-order valence-corrected chi connectivity index (χ3v) is 1.57. The minimum atomic E-state index is -1.22. The van der Waals surface area contributed by atoms with Crippen LogP contribution in [0.2, 0.25) is 0 Å². The van der Waals surface area contributed by atoms with Gasteiger partial charge in [0.1, 0.15) is 5.82 Å². The quantitative estimate of drug-likeness (QED) is 0.749. The largest absolute Gasteiger partial charge is 0.478 e. The lowest BCUT2D eigenvalue weighted by molar-refractivity contribution is 0.0695. The van der Waals surface area contributed by atoms with Crippen molar-refractivity contribution in [1.29, 1.82) is 5.26 Å². The number of nitriles is 1. The summed E-state index contributed by atoms with van der Waals surface area (Å²) in [6.45, 7) is 0. The van der Waals surface area contributed by atoms with E-state index < -0.39 is 11.8 Å². The SMILES string of the molecule is N#CCc1ccc(F)cc1C(=O)O. The third-order valence-electron chi connectivity index (χ3n) is 1.57. The molecule has 1 aromatic rings. The fourth-order valence-corrected chi connectivity index (χ4v) is 0.987. The number of halogens is 1. The maximum Gasteiger partial charge on any atom is 0.336 e. The molecule has 1 N–H and O–H groups in total. The molecule has 13 heavy (non-hydrogen) atoms. The van der Waals surface area contributed by atoms with Crippen molar-refractivity contribution in [2.45, 2.75) is 6.42 Å². The molecule has 4 heteroatoms. The van der Waals surface area contributed by atoms with Crippen LogP contribution in [-0.4, -0.2) is 11.1 Å². The van der Waals surface area contributed by atoms with Crippen molar-refractivity contribution >= 4 is 5.97 Å². The summed E-state index contributed by atoms with van der Waals surface area (Å²) in [5.74, 6) is -1.83. The summed E-state index contributed by atoms with van der Waals surface area (Å²) in [5.41, 5.74) is 0.179. The number of aromatic carboxylic acids is 1. The second-order valence-corrected chi connectivity index (χ2v) is 2.44. The molecule has 0 atom stereocenters. The van der Waals surface area contributed by atoms with Crippen molar-refractivity contribution in [2.24, 2.45) is 0 Å². The number of carboxylic acid groups (broad SMARTS) is 1. The number of nitrogens with zero attached hydrogens (tertiary/aromatic N) is 1. The van der Waals surface area contributed by atoms with E-state index in [9.17, 15) is 9.18 Å². The van der Waals surface area contributed by atoms with Crippen LogP contribution in [0.1, 0.15) is 15.9 Å². The second-order valence-electron chi connectivity index (χ2n) is 2.44. The first-order chi connectivity index (χ1) is 6.15. The first-order valence-corrected chi connectivity index (χ1v) is 3.54. The van der Waals surface area contributed by atoms with E-state index in [2.05, 4.69) is 0 Å². The fraction of sp³-hybridized carbons (Fsp3) is 0.111. The van der Waals surface area contributed by atoms with E-state index in [1.165, 1.54) is 6.07 Å². The zero-order valence-electron chi connectivity index (χ0n) is 6.62. The minimum Gasteiger partial charge on any atom is -0.478 e. The van der Waals surface area contributed by atoms with Gasteiger partial charge >= 0.3 is 5.97 Å². The molecule has 0 aliphatic carbocycles. The maximum atomic E-state index is 12.6. The van der Waals surface area contributed by atoms with E-state index in [0.717, 1.165) is 12.1 Å². The van der Waals surface area contributed by atoms with Crippen molar-refractivity contribution in [3.8, 4) is 6.07 Å². The lowest BCUT2D eigenvalue weighted by Gasteiger charge is -2.00. The first-order valence-electron chi connectivity index (χ1n) is 3.54. The Balaban J connectivity index is 3.20. The van der Waals surface area contributed by atoms with Crippen molar-refractivity contribution < 1.29 is 14.3 Å². The molecule has 0 unspecified atom stereocenters. The highest BCUT2D eigenvalue weighted by molar-refractivity contribution is 5.89. The Kier molecular flexibility index (Phi) is 2.60. The van der Waals surface area contributed by atoms with Crippen LogP contribution in [0.4, 0.5) is 4.39 Å². The highest BCUT2D eigenvalue weighted by atomic mass is 19.1. The molecule has 0 aliphatic rings. The molecule has 0 spiro atoms. The van der Waals surface area contributed by atoms with Crippen LogP contribution in [0.3, 0.4) is 0 Å². The average molecular weight is 179 g/mol. The minimum absolute atomic E-state index is 0.0259. The molecular formula is C9H6FNO2. The van der Waals surface area contributed by atoms with Crippen LogP contribution < -0.4 is 0 Å². The number of rotatable bonds is 2. The molecule has 0 radical (unpaired) electrons. The van der Waals surface area contributed by atoms with E-state index in [1.807, 2.05) is 6.07 Å². The van der Waals surface area contributed by atoms with Crippen LogP contribution in [0.15, 0.2) is 18.2 Å². The van der Waals surface area contributed by atoms with E-state index in [-0.39, 0.29) is 12.0 Å². The summed E-state index contributed by atoms with van der Waals surface area (Å²) in [6, 6.07) is 5.17. The Labute approximate surface area is 74.0 Å². The third kappa shape index (κ3) is 2.03. The summed E-state index contributed by atoms with van der Waals surface area (Å²) in [6.07, 6.45) is -0.0259. The van der Waals surface area contributed by atoms with E-state index in [1.54, 1.807) is 0 Å². The van der Waals surface area contributed by atoms with Gasteiger partial charge in [0.2, 0.25) is 0 Å². The van der Waals surface area contributed by atoms with Crippen LogP contribution in [0.25, 0.3) is 0 Å². The highest BCUT2D eigenvalue weighted by Crippen LogP contribution is 2.11. The molecule has 1 aromatic carbocycles. The topological polar surface area (TPSA) is 61.1 Å². The Morgan fingerprint density at radius 3 is 2.85 bits per heavy atom. The van der Waals surface area contributed by atoms with Gasteiger partial charge in [-0.25, -0.2) is 9.18 Å². The Morgan fingerprint density at radius 2 is 2.31 bits per heavy atom. The molecule has 3 nitrogen and oxygen atoms in total. The van der Waals surface area contributed by atoms with E-state index in [0.29, 0.717) is 5.56 Å². The van der Waals surface area contributed by atoms with Gasteiger partial charge in [0.05, 0.1) is 18.1 Å². The summed E-state index contributed by atoms with van der Waals surface area (Å²) in [7, 11) is 0. The molecule has 0 aromatic heterocycles. The summed E-state index contributed by atoms with van der Waals surface area (Å²) >= 11 is 0. The van der Waals surface area contributed by atoms with Crippen LogP contribution in [0.5, 0.6) is 0 Å². The number of hydrogen-bond acceptors (Lipinski definition) is 2. The van der Waals surface area contributed by atoms with Gasteiger partial charge in [0.15, 0.2) is 0 Å². The van der Waals surface area contributed by atoms with Gasteiger partial charge < -0.3 is 5.11 Å². The van der Waals surface area contributed by atoms with Gasteiger partial charge in [-0.15, -0.1) is 0 Å². The molecule has 0 saturated carbocycles. The Hall–Kier alpha value is -1.89. The molecule has 0 heterocycles. The van der Waals surface area contributed by atoms with Gasteiger partial charge in [-0.1, -0.05) is 6.07 Å². The summed E-state index contributed by atoms with van der Waals surface area (Å²) < 4.78 is 12.6. The van der Waals surface area contributed by atoms with Crippen molar-refractivity contribution in [3.05, 3.63) is 35.1 Å². The number of benzene rings is 1. The molecule has 0 aliphatic heterocycles. The molecular weight excluding hydrogens is 173 g/mol. The molecule has 0 bridgehead atoms. The lowest BCUT2D eigenvalue weighted by atomic mass is 10.1. The Bertz CT molecular complexity index is 382. The first kappa shape index (κ1) is 9.20. The van der Waals surface area contributed by atoms with Crippen molar-refractivity contribution in [1.82, 2.24) is 0 Å². The van der Waals surface area contributed by atoms with Gasteiger partial charge in [-0.3, -0.25) is 0 Å². The van der Waals surface area contributed by atoms with Crippen LogP contribution in [-0.2, 0) is 6.42 Å². The number of carboxylic acids is 1. The van der Waals surface area contributed by atoms with Gasteiger partial charge in [-0.2, -0.15) is 5.26 Å². The maximum absolute atomic E-state index is 12.6. The Morgan fingerprint density at radius 1 is 1.62 bits per heavy atom. The van der Waals surface area contributed by atoms with E-state index in [4.69, 9.17) is 10.4 Å². The standard InChI is InChI=1S/C9H6FNO2/c10-7-2-1-6(3-4-11)8(5-7)9(12)13/h1-2,5H,3H2,(H,12,13). The monoisotopic (exact) mass is 179 g/mol. The van der Waals surface area contributed by atoms with Gasteiger partial charge in [0, 0.05) is 0 Å². The second kappa shape index (κ2) is 3.68. The molecule has 1 rings (SSSR count).